The van der Waals surface area contributed by atoms with E-state index in [1.165, 1.54) is 23.5 Å². The van der Waals surface area contributed by atoms with Gasteiger partial charge in [-0.15, -0.1) is 11.3 Å². The predicted molar refractivity (Wildman–Crippen MR) is 100 cm³/mol. The number of carbonyl (C=O) groups excluding carboxylic acids is 2. The van der Waals surface area contributed by atoms with Gasteiger partial charge in [-0.1, -0.05) is 36.4 Å². The summed E-state index contributed by atoms with van der Waals surface area (Å²) in [5.41, 5.74) is 4.39. The maximum atomic E-state index is 12.7. The molecule has 0 aliphatic rings. The van der Waals surface area contributed by atoms with Crippen LogP contribution >= 0.6 is 11.3 Å². The lowest BCUT2D eigenvalue weighted by Gasteiger charge is -2.10. The highest BCUT2D eigenvalue weighted by Gasteiger charge is 2.30. The summed E-state index contributed by atoms with van der Waals surface area (Å²) in [4.78, 5) is 28.0. The second-order valence-electron chi connectivity index (χ2n) is 5.72. The lowest BCUT2D eigenvalue weighted by molar-refractivity contribution is -0.137. The second-order valence-corrected chi connectivity index (χ2v) is 6.58. The first-order valence-corrected chi connectivity index (χ1v) is 9.11. The number of aromatic nitrogens is 1. The minimum absolute atomic E-state index is 0.117. The highest BCUT2D eigenvalue weighted by atomic mass is 32.1. The zero-order valence-corrected chi connectivity index (χ0v) is 15.5. The Morgan fingerprint density at radius 1 is 1.03 bits per heavy atom. The van der Waals surface area contributed by atoms with Crippen molar-refractivity contribution in [3.8, 4) is 16.3 Å². The van der Waals surface area contributed by atoms with Crippen molar-refractivity contribution in [3.63, 3.8) is 0 Å². The van der Waals surface area contributed by atoms with E-state index in [4.69, 9.17) is 4.74 Å². The van der Waals surface area contributed by atoms with Gasteiger partial charge in [0, 0.05) is 10.9 Å². The van der Waals surface area contributed by atoms with Gasteiger partial charge < -0.3 is 4.74 Å². The summed E-state index contributed by atoms with van der Waals surface area (Å²) in [6, 6.07) is 13.4. The van der Waals surface area contributed by atoms with Crippen molar-refractivity contribution in [2.75, 3.05) is 6.61 Å². The van der Waals surface area contributed by atoms with E-state index in [-0.39, 0.29) is 11.4 Å². The molecule has 6 nitrogen and oxygen atoms in total. The molecule has 0 aliphatic heterocycles. The summed E-state index contributed by atoms with van der Waals surface area (Å²) in [6.07, 6.45) is -4.51. The molecular formula is C19H14F3N3O3S. The first-order chi connectivity index (χ1) is 13.8. The number of nitrogens with zero attached hydrogens (tertiary/aromatic N) is 1. The molecule has 0 saturated heterocycles. The van der Waals surface area contributed by atoms with E-state index in [1.807, 2.05) is 30.3 Å². The number of rotatable bonds is 5. The van der Waals surface area contributed by atoms with Gasteiger partial charge in [0.05, 0.1) is 5.56 Å². The van der Waals surface area contributed by atoms with Crippen molar-refractivity contribution in [2.45, 2.75) is 6.18 Å². The number of carbonyl (C=O) groups is 2. The van der Waals surface area contributed by atoms with E-state index < -0.39 is 30.2 Å². The van der Waals surface area contributed by atoms with Crippen LogP contribution in [0.4, 0.5) is 13.2 Å². The van der Waals surface area contributed by atoms with Crippen LogP contribution in [0.5, 0.6) is 5.75 Å². The van der Waals surface area contributed by atoms with Crippen LogP contribution in [-0.4, -0.2) is 23.4 Å². The molecule has 0 radical (unpaired) electrons. The molecule has 0 unspecified atom stereocenters. The molecule has 0 fully saturated rings. The highest BCUT2D eigenvalue weighted by Crippen LogP contribution is 2.31. The SMILES string of the molecule is O=C(COc1cccc(C(F)(F)F)c1)NNC(=O)c1csc(-c2ccccc2)n1. The molecule has 2 N–H and O–H groups in total. The number of hydrogen-bond donors (Lipinski definition) is 2. The van der Waals surface area contributed by atoms with E-state index in [0.717, 1.165) is 17.7 Å². The van der Waals surface area contributed by atoms with E-state index in [1.54, 1.807) is 5.38 Å². The van der Waals surface area contributed by atoms with Gasteiger partial charge in [-0.05, 0) is 18.2 Å². The maximum absolute atomic E-state index is 12.7. The fraction of sp³-hybridized carbons (Fsp3) is 0.105. The van der Waals surface area contributed by atoms with E-state index >= 15 is 0 Å². The molecule has 2 aromatic carbocycles. The normalized spacial score (nSPS) is 11.0. The van der Waals surface area contributed by atoms with Gasteiger partial charge >= 0.3 is 6.18 Å². The molecule has 0 spiro atoms. The number of hydrogen-bond acceptors (Lipinski definition) is 5. The van der Waals surface area contributed by atoms with Crippen molar-refractivity contribution in [2.24, 2.45) is 0 Å². The summed E-state index contributed by atoms with van der Waals surface area (Å²) in [7, 11) is 0. The lowest BCUT2D eigenvalue weighted by atomic mass is 10.2. The monoisotopic (exact) mass is 421 g/mol. The van der Waals surface area contributed by atoms with Crippen molar-refractivity contribution in [3.05, 3.63) is 71.2 Å². The molecule has 150 valence electrons. The van der Waals surface area contributed by atoms with Crippen LogP contribution in [0.1, 0.15) is 16.1 Å². The summed E-state index contributed by atoms with van der Waals surface area (Å²) in [6.45, 7) is -0.575. The largest absolute Gasteiger partial charge is 0.484 e. The topological polar surface area (TPSA) is 80.3 Å². The first-order valence-electron chi connectivity index (χ1n) is 8.23. The van der Waals surface area contributed by atoms with Crippen molar-refractivity contribution < 1.29 is 27.5 Å². The van der Waals surface area contributed by atoms with Gasteiger partial charge in [-0.25, -0.2) is 4.98 Å². The van der Waals surface area contributed by atoms with Crippen LogP contribution in [0.2, 0.25) is 0 Å². The van der Waals surface area contributed by atoms with Crippen molar-refractivity contribution in [1.29, 1.82) is 0 Å². The third kappa shape index (κ3) is 5.55. The van der Waals surface area contributed by atoms with Crippen LogP contribution in [0, 0.1) is 0 Å². The average Bonchev–Trinajstić information content (AvgIpc) is 3.21. The lowest BCUT2D eigenvalue weighted by Crippen LogP contribution is -2.43. The average molecular weight is 421 g/mol. The smallest absolute Gasteiger partial charge is 0.416 e. The zero-order chi connectivity index (χ0) is 20.9. The molecule has 1 heterocycles. The molecule has 10 heteroatoms. The number of ether oxygens (including phenoxy) is 1. The highest BCUT2D eigenvalue weighted by molar-refractivity contribution is 7.13. The van der Waals surface area contributed by atoms with E-state index in [9.17, 15) is 22.8 Å². The summed E-state index contributed by atoms with van der Waals surface area (Å²) in [5, 5.41) is 2.19. The van der Waals surface area contributed by atoms with Crippen LogP contribution in [0.3, 0.4) is 0 Å². The second kappa shape index (κ2) is 8.74. The third-order valence-corrected chi connectivity index (χ3v) is 4.50. The van der Waals surface area contributed by atoms with E-state index in [0.29, 0.717) is 5.01 Å². The van der Waals surface area contributed by atoms with Gasteiger partial charge in [0.2, 0.25) is 0 Å². The molecule has 0 atom stereocenters. The maximum Gasteiger partial charge on any atom is 0.416 e. The van der Waals surface area contributed by atoms with Crippen molar-refractivity contribution >= 4 is 23.2 Å². The molecule has 0 bridgehead atoms. The molecule has 0 saturated carbocycles. The minimum Gasteiger partial charge on any atom is -0.484 e. The Kier molecular flexibility index (Phi) is 6.13. The predicted octanol–water partition coefficient (Wildman–Crippen LogP) is 3.67. The Morgan fingerprint density at radius 3 is 2.52 bits per heavy atom. The van der Waals surface area contributed by atoms with Crippen LogP contribution < -0.4 is 15.6 Å². The summed E-state index contributed by atoms with van der Waals surface area (Å²) >= 11 is 1.27. The Labute approximate surface area is 167 Å². The summed E-state index contributed by atoms with van der Waals surface area (Å²) in [5.74, 6) is -1.49. The first kappa shape index (κ1) is 20.3. The summed E-state index contributed by atoms with van der Waals surface area (Å²) < 4.78 is 43.0. The van der Waals surface area contributed by atoms with Crippen molar-refractivity contribution in [1.82, 2.24) is 15.8 Å². The third-order valence-electron chi connectivity index (χ3n) is 3.60. The number of hydrazine groups is 1. The van der Waals surface area contributed by atoms with Crippen LogP contribution in [0.25, 0.3) is 10.6 Å². The Hall–Kier alpha value is -3.40. The Balaban J connectivity index is 1.50. The van der Waals surface area contributed by atoms with E-state index in [2.05, 4.69) is 15.8 Å². The molecule has 29 heavy (non-hydrogen) atoms. The Bertz CT molecular complexity index is 1010. The van der Waals surface area contributed by atoms with Crippen LogP contribution in [0.15, 0.2) is 60.0 Å². The van der Waals surface area contributed by atoms with Crippen LogP contribution in [-0.2, 0) is 11.0 Å². The zero-order valence-electron chi connectivity index (χ0n) is 14.7. The number of thiazole rings is 1. The molecule has 3 aromatic rings. The van der Waals surface area contributed by atoms with Gasteiger partial charge in [0.15, 0.2) is 6.61 Å². The molecule has 1 aromatic heterocycles. The Morgan fingerprint density at radius 2 is 1.79 bits per heavy atom. The van der Waals surface area contributed by atoms with Gasteiger partial charge in [-0.3, -0.25) is 20.4 Å². The van der Waals surface area contributed by atoms with Gasteiger partial charge in [0.25, 0.3) is 11.8 Å². The fourth-order valence-electron chi connectivity index (χ4n) is 2.23. The molecule has 2 amide bonds. The van der Waals surface area contributed by atoms with Gasteiger partial charge in [-0.2, -0.15) is 13.2 Å². The van der Waals surface area contributed by atoms with Gasteiger partial charge in [0.1, 0.15) is 16.5 Å². The number of alkyl halides is 3. The number of halogens is 3. The molecule has 0 aliphatic carbocycles. The standard InChI is InChI=1S/C19H14F3N3O3S/c20-19(21,22)13-7-4-8-14(9-13)28-10-16(26)24-25-17(27)15-11-29-18(23-15)12-5-2-1-3-6-12/h1-9,11H,10H2,(H,24,26)(H,25,27). The minimum atomic E-state index is -4.51. The molecular weight excluding hydrogens is 407 g/mol. The quantitative estimate of drug-likeness (QED) is 0.616. The fourth-order valence-corrected chi connectivity index (χ4v) is 3.04. The number of amides is 2. The number of benzene rings is 2. The molecule has 3 rings (SSSR count). The number of nitrogens with one attached hydrogen (secondary N) is 2.